The Hall–Kier alpha value is -1.43. The SMILES string of the molecule is COC(=O)CCN(C)CC(O)c1ccc(CN)cc1. The highest BCUT2D eigenvalue weighted by Gasteiger charge is 2.11. The van der Waals surface area contributed by atoms with Crippen molar-refractivity contribution in [3.05, 3.63) is 35.4 Å². The Kier molecular flexibility index (Phi) is 6.49. The molecule has 1 aromatic rings. The van der Waals surface area contributed by atoms with Crippen LogP contribution in [0.5, 0.6) is 0 Å². The van der Waals surface area contributed by atoms with Crippen molar-refractivity contribution in [3.8, 4) is 0 Å². The van der Waals surface area contributed by atoms with Crippen molar-refractivity contribution >= 4 is 5.97 Å². The topological polar surface area (TPSA) is 75.8 Å². The summed E-state index contributed by atoms with van der Waals surface area (Å²) in [5.74, 6) is -0.242. The fraction of sp³-hybridized carbons (Fsp3) is 0.500. The third kappa shape index (κ3) is 5.38. The number of benzene rings is 1. The summed E-state index contributed by atoms with van der Waals surface area (Å²) in [5, 5.41) is 10.1. The van der Waals surface area contributed by atoms with Crippen molar-refractivity contribution in [2.45, 2.75) is 19.1 Å². The van der Waals surface area contributed by atoms with Crippen molar-refractivity contribution in [1.29, 1.82) is 0 Å². The van der Waals surface area contributed by atoms with Gasteiger partial charge in [0.15, 0.2) is 0 Å². The van der Waals surface area contributed by atoms with E-state index in [1.54, 1.807) is 0 Å². The number of aliphatic hydroxyl groups excluding tert-OH is 1. The number of rotatable bonds is 7. The van der Waals surface area contributed by atoms with Gasteiger partial charge in [0, 0.05) is 19.6 Å². The Bertz CT molecular complexity index is 392. The van der Waals surface area contributed by atoms with Crippen LogP contribution in [0.2, 0.25) is 0 Å². The molecule has 0 heterocycles. The Morgan fingerprint density at radius 2 is 2.05 bits per heavy atom. The number of aliphatic hydroxyl groups is 1. The Balaban J connectivity index is 2.44. The second kappa shape index (κ2) is 7.89. The molecule has 1 atom stereocenters. The molecule has 0 saturated carbocycles. The first-order valence-corrected chi connectivity index (χ1v) is 6.29. The highest BCUT2D eigenvalue weighted by Crippen LogP contribution is 2.14. The van der Waals surface area contributed by atoms with Crippen molar-refractivity contribution in [2.75, 3.05) is 27.2 Å². The van der Waals surface area contributed by atoms with Crippen molar-refractivity contribution in [1.82, 2.24) is 4.90 Å². The van der Waals surface area contributed by atoms with Gasteiger partial charge in [0.1, 0.15) is 0 Å². The smallest absolute Gasteiger partial charge is 0.306 e. The zero-order valence-electron chi connectivity index (χ0n) is 11.5. The van der Waals surface area contributed by atoms with Crippen molar-refractivity contribution in [2.24, 2.45) is 5.73 Å². The second-order valence-electron chi connectivity index (χ2n) is 4.55. The molecule has 0 amide bonds. The fourth-order valence-electron chi connectivity index (χ4n) is 1.75. The molecule has 0 spiro atoms. The van der Waals surface area contributed by atoms with Gasteiger partial charge in [-0.05, 0) is 18.2 Å². The highest BCUT2D eigenvalue weighted by atomic mass is 16.5. The van der Waals surface area contributed by atoms with Gasteiger partial charge in [-0.3, -0.25) is 4.79 Å². The minimum absolute atomic E-state index is 0.242. The maximum atomic E-state index is 11.0. The van der Waals surface area contributed by atoms with Crippen LogP contribution >= 0.6 is 0 Å². The van der Waals surface area contributed by atoms with E-state index in [4.69, 9.17) is 5.73 Å². The lowest BCUT2D eigenvalue weighted by molar-refractivity contribution is -0.141. The number of hydrogen-bond donors (Lipinski definition) is 2. The molecule has 5 nitrogen and oxygen atoms in total. The monoisotopic (exact) mass is 266 g/mol. The number of esters is 1. The van der Waals surface area contributed by atoms with E-state index in [1.165, 1.54) is 7.11 Å². The lowest BCUT2D eigenvalue weighted by Crippen LogP contribution is -2.27. The molecule has 0 aromatic heterocycles. The Labute approximate surface area is 114 Å². The van der Waals surface area contributed by atoms with Crippen LogP contribution in [0, 0.1) is 0 Å². The molecular weight excluding hydrogens is 244 g/mol. The lowest BCUT2D eigenvalue weighted by atomic mass is 10.1. The van der Waals surface area contributed by atoms with Gasteiger partial charge in [0.05, 0.1) is 19.6 Å². The molecule has 5 heteroatoms. The Morgan fingerprint density at radius 3 is 2.58 bits per heavy atom. The van der Waals surface area contributed by atoms with Crippen LogP contribution in [0.3, 0.4) is 0 Å². The third-order valence-electron chi connectivity index (χ3n) is 3.01. The van der Waals surface area contributed by atoms with E-state index in [0.29, 0.717) is 26.1 Å². The Morgan fingerprint density at radius 1 is 1.42 bits per heavy atom. The van der Waals surface area contributed by atoms with Gasteiger partial charge >= 0.3 is 5.97 Å². The van der Waals surface area contributed by atoms with Crippen LogP contribution in [0.15, 0.2) is 24.3 Å². The zero-order valence-corrected chi connectivity index (χ0v) is 11.5. The molecule has 0 saturated heterocycles. The van der Waals surface area contributed by atoms with Crippen LogP contribution in [0.4, 0.5) is 0 Å². The predicted molar refractivity (Wildman–Crippen MR) is 73.4 cm³/mol. The summed E-state index contributed by atoms with van der Waals surface area (Å²) < 4.78 is 4.58. The molecule has 1 rings (SSSR count). The molecule has 0 aliphatic heterocycles. The maximum absolute atomic E-state index is 11.0. The van der Waals surface area contributed by atoms with Gasteiger partial charge < -0.3 is 20.5 Å². The minimum atomic E-state index is -0.575. The van der Waals surface area contributed by atoms with Crippen LogP contribution in [0.1, 0.15) is 23.7 Å². The van der Waals surface area contributed by atoms with E-state index < -0.39 is 6.10 Å². The summed E-state index contributed by atoms with van der Waals surface area (Å²) in [4.78, 5) is 12.9. The summed E-state index contributed by atoms with van der Waals surface area (Å²) in [7, 11) is 3.23. The first-order chi connectivity index (χ1) is 9.06. The lowest BCUT2D eigenvalue weighted by Gasteiger charge is -2.20. The third-order valence-corrected chi connectivity index (χ3v) is 3.01. The maximum Gasteiger partial charge on any atom is 0.306 e. The largest absolute Gasteiger partial charge is 0.469 e. The van der Waals surface area contributed by atoms with Gasteiger partial charge in [-0.1, -0.05) is 24.3 Å². The highest BCUT2D eigenvalue weighted by molar-refractivity contribution is 5.69. The second-order valence-corrected chi connectivity index (χ2v) is 4.55. The minimum Gasteiger partial charge on any atom is -0.469 e. The molecule has 0 aliphatic rings. The van der Waals surface area contributed by atoms with Gasteiger partial charge in [-0.2, -0.15) is 0 Å². The van der Waals surface area contributed by atoms with Crippen LogP contribution < -0.4 is 5.73 Å². The van der Waals surface area contributed by atoms with E-state index in [-0.39, 0.29) is 5.97 Å². The van der Waals surface area contributed by atoms with E-state index in [0.717, 1.165) is 11.1 Å². The number of carbonyl (C=O) groups is 1. The summed E-state index contributed by atoms with van der Waals surface area (Å²) in [6, 6.07) is 7.57. The van der Waals surface area contributed by atoms with Crippen LogP contribution in [0.25, 0.3) is 0 Å². The normalized spacial score (nSPS) is 12.5. The molecule has 106 valence electrons. The summed E-state index contributed by atoms with van der Waals surface area (Å²) in [6.45, 7) is 1.53. The van der Waals surface area contributed by atoms with E-state index in [2.05, 4.69) is 4.74 Å². The van der Waals surface area contributed by atoms with Gasteiger partial charge in [-0.15, -0.1) is 0 Å². The molecule has 0 bridgehead atoms. The number of carbonyl (C=O) groups excluding carboxylic acids is 1. The molecule has 0 radical (unpaired) electrons. The molecular formula is C14H22N2O3. The number of ether oxygens (including phenoxy) is 1. The number of methoxy groups -OCH3 is 1. The first-order valence-electron chi connectivity index (χ1n) is 6.29. The molecule has 0 fully saturated rings. The number of likely N-dealkylation sites (N-methyl/N-ethyl adjacent to an activating group) is 1. The van der Waals surface area contributed by atoms with Crippen molar-refractivity contribution < 1.29 is 14.6 Å². The van der Waals surface area contributed by atoms with E-state index in [1.807, 2.05) is 36.2 Å². The van der Waals surface area contributed by atoms with Gasteiger partial charge in [0.2, 0.25) is 0 Å². The number of hydrogen-bond acceptors (Lipinski definition) is 5. The quantitative estimate of drug-likeness (QED) is 0.710. The number of nitrogens with zero attached hydrogens (tertiary/aromatic N) is 1. The van der Waals surface area contributed by atoms with Gasteiger partial charge in [0.25, 0.3) is 0 Å². The van der Waals surface area contributed by atoms with Crippen LogP contribution in [-0.4, -0.2) is 43.2 Å². The van der Waals surface area contributed by atoms with E-state index >= 15 is 0 Å². The van der Waals surface area contributed by atoms with Crippen LogP contribution in [-0.2, 0) is 16.1 Å². The number of nitrogens with two attached hydrogens (primary N) is 1. The fourth-order valence-corrected chi connectivity index (χ4v) is 1.75. The molecule has 3 N–H and O–H groups in total. The molecule has 1 aromatic carbocycles. The van der Waals surface area contributed by atoms with E-state index in [9.17, 15) is 9.90 Å². The molecule has 0 aliphatic carbocycles. The van der Waals surface area contributed by atoms with Crippen molar-refractivity contribution in [3.63, 3.8) is 0 Å². The zero-order chi connectivity index (χ0) is 14.3. The summed E-state index contributed by atoms with van der Waals surface area (Å²) in [5.41, 5.74) is 7.41. The molecule has 19 heavy (non-hydrogen) atoms. The first kappa shape index (κ1) is 15.6. The van der Waals surface area contributed by atoms with Gasteiger partial charge in [-0.25, -0.2) is 0 Å². The average Bonchev–Trinajstić information content (AvgIpc) is 2.44. The summed E-state index contributed by atoms with van der Waals surface area (Å²) >= 11 is 0. The standard InChI is InChI=1S/C14H22N2O3/c1-16(8-7-14(18)19-2)10-13(17)12-5-3-11(9-15)4-6-12/h3-6,13,17H,7-10,15H2,1-2H3. The predicted octanol–water partition coefficient (Wildman–Crippen LogP) is 0.674. The summed E-state index contributed by atoms with van der Waals surface area (Å²) in [6.07, 6.45) is -0.249. The average molecular weight is 266 g/mol. The molecule has 1 unspecified atom stereocenters.